The van der Waals surface area contributed by atoms with Crippen LogP contribution >= 0.6 is 11.3 Å². The molecule has 0 atom stereocenters. The van der Waals surface area contributed by atoms with Gasteiger partial charge in [0.15, 0.2) is 0 Å². The van der Waals surface area contributed by atoms with Crippen LogP contribution in [0.5, 0.6) is 0 Å². The number of nitrogens with zero attached hydrogens (tertiary/aromatic N) is 3. The Morgan fingerprint density at radius 3 is 2.18 bits per heavy atom. The third-order valence-corrected chi connectivity index (χ3v) is 10.1. The van der Waals surface area contributed by atoms with Crippen LogP contribution in [-0.4, -0.2) is 9.97 Å². The molecular formula is C40H23N3S. The van der Waals surface area contributed by atoms with Crippen molar-refractivity contribution in [1.29, 1.82) is 0 Å². The van der Waals surface area contributed by atoms with E-state index in [1.165, 1.54) is 52.8 Å². The van der Waals surface area contributed by atoms with E-state index < -0.39 is 0 Å². The minimum atomic E-state index is 0.674. The highest BCUT2D eigenvalue weighted by Crippen LogP contribution is 2.52. The molecule has 3 heterocycles. The number of hydrogen-bond donors (Lipinski definition) is 0. The summed E-state index contributed by atoms with van der Waals surface area (Å²) >= 11 is 1.84. The van der Waals surface area contributed by atoms with Crippen LogP contribution in [0.3, 0.4) is 0 Å². The molecule has 0 amide bonds. The monoisotopic (exact) mass is 577 g/mol. The summed E-state index contributed by atoms with van der Waals surface area (Å²) in [5.74, 6) is 0.674. The lowest BCUT2D eigenvalue weighted by molar-refractivity contribution is 1.11. The zero-order chi connectivity index (χ0) is 28.8. The molecule has 10 rings (SSSR count). The Labute approximate surface area is 257 Å². The second-order valence-electron chi connectivity index (χ2n) is 11.4. The van der Waals surface area contributed by atoms with E-state index in [0.29, 0.717) is 5.95 Å². The van der Waals surface area contributed by atoms with Gasteiger partial charge >= 0.3 is 0 Å². The van der Waals surface area contributed by atoms with Gasteiger partial charge in [0.2, 0.25) is 5.95 Å². The van der Waals surface area contributed by atoms with Gasteiger partial charge in [0.25, 0.3) is 0 Å². The molecular weight excluding hydrogens is 555 g/mol. The van der Waals surface area contributed by atoms with Crippen molar-refractivity contribution in [2.45, 2.75) is 0 Å². The van der Waals surface area contributed by atoms with Gasteiger partial charge in [-0.3, -0.25) is 4.90 Å². The van der Waals surface area contributed by atoms with Crippen LogP contribution in [-0.2, 0) is 0 Å². The quantitative estimate of drug-likeness (QED) is 0.205. The Bertz CT molecular complexity index is 2630. The molecule has 1 aliphatic heterocycles. The molecule has 0 aliphatic carbocycles. The Hall–Kier alpha value is -5.58. The summed E-state index contributed by atoms with van der Waals surface area (Å²) in [7, 11) is 0. The largest absolute Gasteiger partial charge is 0.278 e. The number of hydrogen-bond acceptors (Lipinski definition) is 4. The van der Waals surface area contributed by atoms with Gasteiger partial charge in [-0.25, -0.2) is 9.97 Å². The maximum Gasteiger partial charge on any atom is 0.235 e. The zero-order valence-electron chi connectivity index (χ0n) is 23.5. The Morgan fingerprint density at radius 2 is 1.25 bits per heavy atom. The van der Waals surface area contributed by atoms with Crippen LogP contribution in [0, 0.1) is 0 Å². The number of rotatable bonds is 2. The molecule has 0 radical (unpaired) electrons. The smallest absolute Gasteiger partial charge is 0.235 e. The number of fused-ring (bicyclic) bond motifs is 8. The maximum atomic E-state index is 5.42. The molecule has 0 unspecified atom stereocenters. The lowest BCUT2D eigenvalue weighted by Crippen LogP contribution is -2.18. The van der Waals surface area contributed by atoms with Crippen LogP contribution < -0.4 is 4.90 Å². The number of anilines is 3. The predicted octanol–water partition coefficient (Wildman–Crippen LogP) is 11.4. The summed E-state index contributed by atoms with van der Waals surface area (Å²) in [5, 5.41) is 8.48. The zero-order valence-corrected chi connectivity index (χ0v) is 24.3. The first-order valence-corrected chi connectivity index (χ1v) is 15.7. The normalized spacial score (nSPS) is 12.5. The van der Waals surface area contributed by atoms with E-state index in [0.717, 1.165) is 33.5 Å². The highest BCUT2D eigenvalue weighted by Gasteiger charge is 2.29. The first-order chi connectivity index (χ1) is 21.8. The molecule has 0 saturated carbocycles. The van der Waals surface area contributed by atoms with E-state index in [-0.39, 0.29) is 0 Å². The molecule has 0 saturated heterocycles. The number of para-hydroxylation sites is 1. The van der Waals surface area contributed by atoms with Crippen LogP contribution in [0.2, 0.25) is 0 Å². The van der Waals surface area contributed by atoms with Gasteiger partial charge in [-0.2, -0.15) is 0 Å². The Kier molecular flexibility index (Phi) is 4.87. The van der Waals surface area contributed by atoms with E-state index in [2.05, 4.69) is 144 Å². The summed E-state index contributed by atoms with van der Waals surface area (Å²) in [4.78, 5) is 12.9. The van der Waals surface area contributed by atoms with E-state index >= 15 is 0 Å². The van der Waals surface area contributed by atoms with Gasteiger partial charge in [-0.1, -0.05) is 103 Å². The van der Waals surface area contributed by atoms with Crippen molar-refractivity contribution < 1.29 is 0 Å². The van der Waals surface area contributed by atoms with Crippen molar-refractivity contribution in [3.8, 4) is 22.4 Å². The highest BCUT2D eigenvalue weighted by atomic mass is 32.1. The molecule has 3 nitrogen and oxygen atoms in total. The predicted molar refractivity (Wildman–Crippen MR) is 187 cm³/mol. The lowest BCUT2D eigenvalue weighted by Gasteiger charge is -2.33. The molecule has 0 spiro atoms. The molecule has 4 heteroatoms. The van der Waals surface area contributed by atoms with Crippen molar-refractivity contribution >= 4 is 81.3 Å². The highest BCUT2D eigenvalue weighted by molar-refractivity contribution is 7.25. The third-order valence-electron chi connectivity index (χ3n) is 8.98. The molecule has 1 aliphatic rings. The lowest BCUT2D eigenvalue weighted by atomic mass is 9.88. The molecule has 0 N–H and O–H groups in total. The van der Waals surface area contributed by atoms with Crippen molar-refractivity contribution in [2.75, 3.05) is 4.90 Å². The van der Waals surface area contributed by atoms with Gasteiger partial charge in [0.05, 0.1) is 22.6 Å². The van der Waals surface area contributed by atoms with Crippen LogP contribution in [0.25, 0.3) is 75.0 Å². The number of benzene rings is 7. The topological polar surface area (TPSA) is 29.0 Å². The van der Waals surface area contributed by atoms with Crippen molar-refractivity contribution in [3.63, 3.8) is 0 Å². The average molecular weight is 578 g/mol. The van der Waals surface area contributed by atoms with Crippen molar-refractivity contribution in [1.82, 2.24) is 9.97 Å². The van der Waals surface area contributed by atoms with Gasteiger partial charge in [-0.05, 0) is 58.1 Å². The minimum Gasteiger partial charge on any atom is -0.278 e. The second kappa shape index (κ2) is 8.96. The molecule has 44 heavy (non-hydrogen) atoms. The summed E-state index contributed by atoms with van der Waals surface area (Å²) < 4.78 is 2.59. The molecule has 204 valence electrons. The Morgan fingerprint density at radius 1 is 0.500 bits per heavy atom. The standard InChI is InChI=1S/C40H23N3S/c1-2-12-27-24(9-1)19-21-34-38(27)30-15-7-10-25-11-8-17-33(37(25)30)43(34)40-41-32-16-5-3-14-29(32)39(42-40)26-20-22-36-31(23-26)28-13-4-6-18-35(28)44-36/h1-23H. The van der Waals surface area contributed by atoms with Crippen molar-refractivity contribution in [2.24, 2.45) is 0 Å². The minimum absolute atomic E-state index is 0.674. The van der Waals surface area contributed by atoms with Gasteiger partial charge in [-0.15, -0.1) is 11.3 Å². The van der Waals surface area contributed by atoms with Gasteiger partial charge in [0, 0.05) is 42.1 Å². The maximum absolute atomic E-state index is 5.42. The van der Waals surface area contributed by atoms with Crippen molar-refractivity contribution in [3.05, 3.63) is 140 Å². The van der Waals surface area contributed by atoms with Crippen LogP contribution in [0.4, 0.5) is 17.3 Å². The fraction of sp³-hybridized carbons (Fsp3) is 0. The molecule has 9 aromatic rings. The van der Waals surface area contributed by atoms with Gasteiger partial charge < -0.3 is 0 Å². The number of thiophene rings is 1. The van der Waals surface area contributed by atoms with E-state index in [4.69, 9.17) is 9.97 Å². The molecule has 2 aromatic heterocycles. The summed E-state index contributed by atoms with van der Waals surface area (Å²) in [5.41, 5.74) is 7.62. The van der Waals surface area contributed by atoms with Crippen LogP contribution in [0.15, 0.2) is 140 Å². The molecule has 7 aromatic carbocycles. The summed E-state index contributed by atoms with van der Waals surface area (Å²) in [6.07, 6.45) is 0. The number of aromatic nitrogens is 2. The summed E-state index contributed by atoms with van der Waals surface area (Å²) in [6.45, 7) is 0. The van der Waals surface area contributed by atoms with E-state index in [9.17, 15) is 0 Å². The molecule has 0 bridgehead atoms. The second-order valence-corrected chi connectivity index (χ2v) is 12.5. The third kappa shape index (κ3) is 3.31. The first-order valence-electron chi connectivity index (χ1n) is 14.8. The fourth-order valence-electron chi connectivity index (χ4n) is 7.05. The van der Waals surface area contributed by atoms with Gasteiger partial charge in [0.1, 0.15) is 0 Å². The summed E-state index contributed by atoms with van der Waals surface area (Å²) in [6, 6.07) is 50.0. The van der Waals surface area contributed by atoms with Crippen LogP contribution in [0.1, 0.15) is 0 Å². The fourth-order valence-corrected chi connectivity index (χ4v) is 8.13. The van der Waals surface area contributed by atoms with E-state index in [1.54, 1.807) is 0 Å². The Balaban J connectivity index is 1.29. The average Bonchev–Trinajstić information content (AvgIpc) is 3.46. The van der Waals surface area contributed by atoms with E-state index in [1.807, 2.05) is 11.3 Å². The molecule has 0 fully saturated rings. The SMILES string of the molecule is c1ccc2c3c(ccc2c1)N(c1nc(-c2ccc4sc5ccccc5c4c2)c2ccccc2n1)c1cccc2cccc-3c12. The first kappa shape index (κ1) is 23.9.